The number of halogens is 10. The smallest absolute Gasteiger partial charge is 0.416 e. The molecule has 6 unspecified atom stereocenters. The molecule has 4 amide bonds. The van der Waals surface area contributed by atoms with Gasteiger partial charge in [0.15, 0.2) is 0 Å². The van der Waals surface area contributed by atoms with Gasteiger partial charge in [-0.1, -0.05) is 58.5 Å². The van der Waals surface area contributed by atoms with Crippen molar-refractivity contribution >= 4 is 74.3 Å². The zero-order chi connectivity index (χ0) is 55.4. The first-order valence-electron chi connectivity index (χ1n) is 24.5. The second-order valence-electron chi connectivity index (χ2n) is 19.5. The third-order valence-corrected chi connectivity index (χ3v) is 17.2. The Labute approximate surface area is 458 Å². The molecule has 0 aliphatic carbocycles. The SMILES string of the molecule is CC(=O)N1CCN(CC(=O)N2CC(c3ccc(Cl)c(Cl)c3)C(C(C)Oc3ccc(C(F)(F)F)cc3)C2)CC1.CC(Oc1ccc(C(F)(F)F)cc1)C1CN(C(=O)N2CCN(S(C)(=O)=O)CC2)CC1c1ccc(Cl)c(Cl)c1. The Kier molecular flexibility index (Phi) is 19.0. The first-order chi connectivity index (χ1) is 35.7. The van der Waals surface area contributed by atoms with Gasteiger partial charge in [0.25, 0.3) is 0 Å². The highest BCUT2D eigenvalue weighted by Crippen LogP contribution is 2.41. The van der Waals surface area contributed by atoms with Crippen LogP contribution in [0.3, 0.4) is 0 Å². The number of amides is 4. The van der Waals surface area contributed by atoms with Crippen LogP contribution in [0.1, 0.15) is 54.9 Å². The lowest BCUT2D eigenvalue weighted by Crippen LogP contribution is -2.53. The summed E-state index contributed by atoms with van der Waals surface area (Å²) in [5, 5.41) is 1.61. The van der Waals surface area contributed by atoms with E-state index in [9.17, 15) is 49.1 Å². The average molecular weight is 1170 g/mol. The van der Waals surface area contributed by atoms with Gasteiger partial charge in [-0.25, -0.2) is 13.2 Å². The number of carbonyl (C=O) groups is 3. The maximum atomic E-state index is 13.4. The molecule has 4 fully saturated rings. The number of hydrogen-bond acceptors (Lipinski definition) is 8. The van der Waals surface area contributed by atoms with E-state index in [2.05, 4.69) is 0 Å². The molecule has 4 aliphatic rings. The van der Waals surface area contributed by atoms with Crippen LogP contribution < -0.4 is 9.47 Å². The summed E-state index contributed by atoms with van der Waals surface area (Å²) in [6.45, 7) is 10.5. The number of likely N-dealkylation sites (tertiary alicyclic amines) is 2. The second kappa shape index (κ2) is 24.5. The van der Waals surface area contributed by atoms with Crippen LogP contribution in [0.25, 0.3) is 0 Å². The van der Waals surface area contributed by atoms with E-state index < -0.39 is 45.7 Å². The average Bonchev–Trinajstić information content (AvgIpc) is 4.03. The zero-order valence-corrected chi connectivity index (χ0v) is 45.8. The van der Waals surface area contributed by atoms with Crippen molar-refractivity contribution in [2.24, 2.45) is 11.8 Å². The molecule has 0 spiro atoms. The highest BCUT2D eigenvalue weighted by molar-refractivity contribution is 7.88. The van der Waals surface area contributed by atoms with E-state index >= 15 is 0 Å². The van der Waals surface area contributed by atoms with E-state index in [1.165, 1.54) is 28.6 Å². The Morgan fingerprint density at radius 1 is 0.566 bits per heavy atom. The van der Waals surface area contributed by atoms with Gasteiger partial charge >= 0.3 is 18.4 Å². The monoisotopic (exact) mass is 1160 g/mol. The molecule has 4 aromatic carbocycles. The fourth-order valence-electron chi connectivity index (χ4n) is 10.1. The number of hydrogen-bond donors (Lipinski definition) is 0. The number of alkyl halides is 6. The summed E-state index contributed by atoms with van der Waals surface area (Å²) in [5.41, 5.74) is 0.273. The van der Waals surface area contributed by atoms with Gasteiger partial charge in [-0.05, 0) is 97.8 Å². The summed E-state index contributed by atoms with van der Waals surface area (Å²) < 4.78 is 115. The topological polar surface area (TPSA) is 123 Å². The third-order valence-electron chi connectivity index (χ3n) is 14.5. The summed E-state index contributed by atoms with van der Waals surface area (Å²) in [4.78, 5) is 47.3. The van der Waals surface area contributed by atoms with Gasteiger partial charge in [-0.15, -0.1) is 0 Å². The predicted octanol–water partition coefficient (Wildman–Crippen LogP) is 10.4. The molecule has 4 heterocycles. The molecule has 24 heteroatoms. The number of rotatable bonds is 11. The molecule has 0 radical (unpaired) electrons. The van der Waals surface area contributed by atoms with E-state index in [4.69, 9.17) is 55.9 Å². The van der Waals surface area contributed by atoms with E-state index in [0.717, 1.165) is 41.6 Å². The lowest BCUT2D eigenvalue weighted by atomic mass is 9.85. The number of benzene rings is 4. The number of ether oxygens (including phenoxy) is 2. The summed E-state index contributed by atoms with van der Waals surface area (Å²) in [7, 11) is -3.33. The first kappa shape index (κ1) is 59.0. The number of carbonyl (C=O) groups excluding carboxylic acids is 3. The molecule has 13 nitrogen and oxygen atoms in total. The van der Waals surface area contributed by atoms with Crippen molar-refractivity contribution in [2.45, 2.75) is 57.2 Å². The van der Waals surface area contributed by atoms with Crippen molar-refractivity contribution in [2.75, 3.05) is 91.3 Å². The maximum Gasteiger partial charge on any atom is 0.416 e. The number of nitrogens with zero attached hydrogens (tertiary/aromatic N) is 6. The van der Waals surface area contributed by atoms with Crippen molar-refractivity contribution in [3.8, 4) is 11.5 Å². The van der Waals surface area contributed by atoms with Crippen LogP contribution >= 0.6 is 46.4 Å². The van der Waals surface area contributed by atoms with Crippen molar-refractivity contribution in [3.05, 3.63) is 127 Å². The van der Waals surface area contributed by atoms with E-state index in [1.807, 2.05) is 35.8 Å². The Bertz CT molecular complexity index is 2800. The maximum absolute atomic E-state index is 13.4. The molecule has 0 N–H and O–H groups in total. The summed E-state index contributed by atoms with van der Waals surface area (Å²) in [5.74, 6) is 0.0269. The molecule has 0 aromatic heterocycles. The largest absolute Gasteiger partial charge is 0.490 e. The van der Waals surface area contributed by atoms with Gasteiger partial charge in [-0.3, -0.25) is 14.5 Å². The molecular weight excluding hydrogens is 1110 g/mol. The Hall–Kier alpha value is -4.70. The van der Waals surface area contributed by atoms with Crippen molar-refractivity contribution in [3.63, 3.8) is 0 Å². The molecule has 8 rings (SSSR count). The minimum atomic E-state index is -4.44. The molecule has 4 aromatic rings. The summed E-state index contributed by atoms with van der Waals surface area (Å²) >= 11 is 24.8. The van der Waals surface area contributed by atoms with E-state index in [1.54, 1.807) is 45.9 Å². The van der Waals surface area contributed by atoms with Gasteiger partial charge in [-0.2, -0.15) is 30.6 Å². The van der Waals surface area contributed by atoms with Crippen LogP contribution in [0, 0.1) is 11.8 Å². The predicted molar refractivity (Wildman–Crippen MR) is 279 cm³/mol. The van der Waals surface area contributed by atoms with E-state index in [-0.39, 0.29) is 74.2 Å². The van der Waals surface area contributed by atoms with Crippen LogP contribution in [0.2, 0.25) is 20.1 Å². The molecule has 0 bridgehead atoms. The first-order valence-corrected chi connectivity index (χ1v) is 27.8. The lowest BCUT2D eigenvalue weighted by Gasteiger charge is -2.35. The van der Waals surface area contributed by atoms with Crippen LogP contribution in [0.4, 0.5) is 31.1 Å². The fourth-order valence-corrected chi connectivity index (χ4v) is 11.6. The molecule has 4 saturated heterocycles. The van der Waals surface area contributed by atoms with Crippen molar-refractivity contribution in [1.29, 1.82) is 0 Å². The van der Waals surface area contributed by atoms with Gasteiger partial charge in [0.2, 0.25) is 21.8 Å². The fraction of sp³-hybridized carbons (Fsp3) is 0.481. The van der Waals surface area contributed by atoms with Crippen molar-refractivity contribution in [1.82, 2.24) is 28.8 Å². The van der Waals surface area contributed by atoms with Gasteiger partial charge < -0.3 is 29.1 Å². The Balaban J connectivity index is 0.000000221. The number of urea groups is 1. The highest BCUT2D eigenvalue weighted by Gasteiger charge is 2.44. The summed E-state index contributed by atoms with van der Waals surface area (Å²) in [6, 6.07) is 19.6. The van der Waals surface area contributed by atoms with E-state index in [0.29, 0.717) is 83.9 Å². The van der Waals surface area contributed by atoms with Gasteiger partial charge in [0.1, 0.15) is 23.7 Å². The summed E-state index contributed by atoms with van der Waals surface area (Å²) in [6.07, 6.45) is -8.57. The van der Waals surface area contributed by atoms with Crippen LogP contribution in [0.5, 0.6) is 11.5 Å². The molecule has 6 atom stereocenters. The molecular formula is C52H58Cl4F6N6O7S. The molecule has 0 saturated carbocycles. The van der Waals surface area contributed by atoms with Crippen LogP contribution in [-0.4, -0.2) is 159 Å². The van der Waals surface area contributed by atoms with Gasteiger partial charge in [0, 0.05) is 109 Å². The molecule has 414 valence electrons. The quantitative estimate of drug-likeness (QED) is 0.136. The van der Waals surface area contributed by atoms with Gasteiger partial charge in [0.05, 0.1) is 44.0 Å². The Morgan fingerprint density at radius 3 is 1.37 bits per heavy atom. The molecule has 76 heavy (non-hydrogen) atoms. The standard InChI is InChI=1S/C27H30Cl2F3N3O3.C25H28Cl2F3N3O4S/c1-17(38-21-6-4-20(5-7-21)27(30,31)32)22-14-35(15-23(22)19-3-8-24(28)25(29)13-19)26(37)16-33-9-11-34(12-10-33)18(2)36;1-16(37-19-6-4-18(5-7-19)25(28,29)30)20-14-32(15-21(20)17-3-8-22(26)23(27)13-17)24(34)31-9-11-33(12-10-31)38(2,35)36/h3-8,13,17,22-23H,9-12,14-16H2,1-2H3;3-8,13,16,20-21H,9-12,14-15H2,1-2H3. The second-order valence-corrected chi connectivity index (χ2v) is 23.1. The Morgan fingerprint density at radius 2 is 0.974 bits per heavy atom. The third kappa shape index (κ3) is 14.9. The van der Waals surface area contributed by atoms with Crippen LogP contribution in [-0.2, 0) is 32.0 Å². The lowest BCUT2D eigenvalue weighted by molar-refractivity contribution is -0.138. The van der Waals surface area contributed by atoms with Crippen LogP contribution in [0.15, 0.2) is 84.9 Å². The number of sulfonamides is 1. The van der Waals surface area contributed by atoms with Crippen molar-refractivity contribution < 1.29 is 58.6 Å². The molecule has 4 aliphatic heterocycles. The highest BCUT2D eigenvalue weighted by atomic mass is 35.5. The zero-order valence-electron chi connectivity index (χ0n) is 42.0. The number of piperazine rings is 2. The normalized spacial score (nSPS) is 21.7. The minimum Gasteiger partial charge on any atom is -0.490 e. The minimum absolute atomic E-state index is 0.0180.